The third-order valence-electron chi connectivity index (χ3n) is 5.27. The van der Waals surface area contributed by atoms with Gasteiger partial charge in [-0.3, -0.25) is 9.78 Å². The molecule has 2 aromatic heterocycles. The summed E-state index contributed by atoms with van der Waals surface area (Å²) in [4.78, 5) is 30.1. The van der Waals surface area contributed by atoms with Crippen LogP contribution in [0.4, 0.5) is 5.82 Å². The van der Waals surface area contributed by atoms with Crippen LogP contribution in [0.25, 0.3) is 11.0 Å². The molecule has 0 radical (unpaired) electrons. The molecular weight excluding hydrogens is 352 g/mol. The Hall–Kier alpha value is -2.28. The highest BCUT2D eigenvalue weighted by atomic mass is 16.1. The quantitative estimate of drug-likeness (QED) is 0.705. The van der Waals surface area contributed by atoms with Gasteiger partial charge in [0.15, 0.2) is 5.82 Å². The van der Waals surface area contributed by atoms with Crippen molar-refractivity contribution in [3.8, 4) is 0 Å². The maximum atomic E-state index is 12.3. The predicted molar refractivity (Wildman–Crippen MR) is 112 cm³/mol. The van der Waals surface area contributed by atoms with E-state index >= 15 is 0 Å². The van der Waals surface area contributed by atoms with E-state index in [0.29, 0.717) is 13.0 Å². The summed E-state index contributed by atoms with van der Waals surface area (Å²) >= 11 is 0. The topological polar surface area (TPSA) is 74.2 Å². The van der Waals surface area contributed by atoms with Crippen molar-refractivity contribution < 1.29 is 4.79 Å². The van der Waals surface area contributed by atoms with Gasteiger partial charge in [-0.25, -0.2) is 9.97 Å². The minimum absolute atomic E-state index is 0.133. The molecule has 152 valence electrons. The van der Waals surface area contributed by atoms with E-state index in [2.05, 4.69) is 58.0 Å². The van der Waals surface area contributed by atoms with Crippen molar-refractivity contribution in [2.24, 2.45) is 5.41 Å². The summed E-state index contributed by atoms with van der Waals surface area (Å²) in [6.07, 6.45) is 6.94. The van der Waals surface area contributed by atoms with E-state index < -0.39 is 0 Å². The van der Waals surface area contributed by atoms with Gasteiger partial charge >= 0.3 is 0 Å². The molecule has 28 heavy (non-hydrogen) atoms. The van der Waals surface area contributed by atoms with Gasteiger partial charge in [-0.15, -0.1) is 0 Å². The molecule has 7 nitrogen and oxygen atoms in total. The number of anilines is 1. The second-order valence-electron chi connectivity index (χ2n) is 8.78. The molecule has 3 heterocycles. The van der Waals surface area contributed by atoms with Crippen molar-refractivity contribution in [2.45, 2.75) is 45.6 Å². The lowest BCUT2D eigenvalue weighted by atomic mass is 9.91. The highest BCUT2D eigenvalue weighted by molar-refractivity contribution is 5.85. The molecule has 0 bridgehead atoms. The summed E-state index contributed by atoms with van der Waals surface area (Å²) in [5, 5.41) is 3.14. The van der Waals surface area contributed by atoms with Crippen LogP contribution in [0.5, 0.6) is 0 Å². The number of fused-ring (bicyclic) bond motifs is 1. The number of hydrogen-bond acceptors (Lipinski definition) is 6. The molecule has 1 saturated heterocycles. The lowest BCUT2D eigenvalue weighted by Crippen LogP contribution is -2.40. The van der Waals surface area contributed by atoms with Gasteiger partial charge in [0.2, 0.25) is 5.91 Å². The molecule has 0 unspecified atom stereocenters. The van der Waals surface area contributed by atoms with Crippen LogP contribution in [-0.4, -0.2) is 65.5 Å². The number of pyridine rings is 1. The normalized spacial score (nSPS) is 18.8. The van der Waals surface area contributed by atoms with E-state index in [4.69, 9.17) is 0 Å². The first kappa shape index (κ1) is 20.5. The van der Waals surface area contributed by atoms with Gasteiger partial charge in [0.1, 0.15) is 11.8 Å². The minimum atomic E-state index is 0.133. The number of aromatic nitrogens is 3. The predicted octanol–water partition coefficient (Wildman–Crippen LogP) is 2.48. The smallest absolute Gasteiger partial charge is 0.220 e. The largest absolute Gasteiger partial charge is 0.354 e. The van der Waals surface area contributed by atoms with Crippen LogP contribution in [0.1, 0.15) is 39.5 Å². The highest BCUT2D eigenvalue weighted by Crippen LogP contribution is 2.37. The molecule has 2 aromatic rings. The Morgan fingerprint density at radius 2 is 2.11 bits per heavy atom. The Kier molecular flexibility index (Phi) is 6.44. The monoisotopic (exact) mass is 384 g/mol. The molecule has 0 aliphatic carbocycles. The van der Waals surface area contributed by atoms with Crippen molar-refractivity contribution in [1.82, 2.24) is 25.2 Å². The molecule has 0 aromatic carbocycles. The lowest BCUT2D eigenvalue weighted by Gasteiger charge is -2.26. The maximum absolute atomic E-state index is 12.3. The maximum Gasteiger partial charge on any atom is 0.220 e. The number of carbonyl (C=O) groups is 1. The third kappa shape index (κ3) is 5.16. The van der Waals surface area contributed by atoms with E-state index in [9.17, 15) is 4.79 Å². The second-order valence-corrected chi connectivity index (χ2v) is 8.78. The van der Waals surface area contributed by atoms with Gasteiger partial charge in [0, 0.05) is 31.7 Å². The summed E-state index contributed by atoms with van der Waals surface area (Å²) in [5.41, 5.74) is 1.83. The van der Waals surface area contributed by atoms with E-state index in [1.807, 2.05) is 12.1 Å². The molecular formula is C21H32N6O. The average Bonchev–Trinajstić information content (AvgIpc) is 2.97. The molecule has 1 N–H and O–H groups in total. The number of amides is 1. The summed E-state index contributed by atoms with van der Waals surface area (Å²) in [6.45, 7) is 7.07. The molecule has 1 fully saturated rings. The van der Waals surface area contributed by atoms with Crippen LogP contribution in [0, 0.1) is 5.41 Å². The molecule has 0 saturated carbocycles. The SMILES string of the molecule is CN(C)CCCCC(=O)NC[C@@H]1CC(C)(C)CN1c1ncnc2cccnc12. The minimum Gasteiger partial charge on any atom is -0.354 e. The fraction of sp³-hybridized carbons (Fsp3) is 0.619. The van der Waals surface area contributed by atoms with Crippen molar-refractivity contribution in [1.29, 1.82) is 0 Å². The first-order valence-corrected chi connectivity index (χ1v) is 10.1. The van der Waals surface area contributed by atoms with Crippen LogP contribution < -0.4 is 10.2 Å². The van der Waals surface area contributed by atoms with Crippen molar-refractivity contribution >= 4 is 22.8 Å². The first-order valence-electron chi connectivity index (χ1n) is 10.1. The Bertz CT molecular complexity index is 801. The zero-order valence-corrected chi connectivity index (χ0v) is 17.5. The van der Waals surface area contributed by atoms with Gasteiger partial charge in [-0.2, -0.15) is 0 Å². The Balaban J connectivity index is 1.65. The van der Waals surface area contributed by atoms with Crippen LogP contribution in [0.15, 0.2) is 24.7 Å². The van der Waals surface area contributed by atoms with Crippen molar-refractivity contribution in [3.63, 3.8) is 0 Å². The Morgan fingerprint density at radius 3 is 2.89 bits per heavy atom. The second kappa shape index (κ2) is 8.82. The number of unbranched alkanes of at least 4 members (excludes halogenated alkanes) is 1. The van der Waals surface area contributed by atoms with Gasteiger partial charge in [0.05, 0.1) is 5.52 Å². The summed E-state index contributed by atoms with van der Waals surface area (Å²) < 4.78 is 0. The van der Waals surface area contributed by atoms with E-state index in [1.165, 1.54) is 0 Å². The number of nitrogens with zero attached hydrogens (tertiary/aromatic N) is 5. The van der Waals surface area contributed by atoms with Gasteiger partial charge in [0.25, 0.3) is 0 Å². The lowest BCUT2D eigenvalue weighted by molar-refractivity contribution is -0.121. The number of nitrogens with one attached hydrogen (secondary N) is 1. The van der Waals surface area contributed by atoms with Gasteiger partial charge in [-0.1, -0.05) is 13.8 Å². The van der Waals surface area contributed by atoms with Crippen LogP contribution in [0.2, 0.25) is 0 Å². The first-order chi connectivity index (χ1) is 13.4. The number of rotatable bonds is 8. The fourth-order valence-corrected chi connectivity index (χ4v) is 3.96. The van der Waals surface area contributed by atoms with Crippen molar-refractivity contribution in [2.75, 3.05) is 38.6 Å². The molecule has 7 heteroatoms. The molecule has 1 amide bonds. The molecule has 1 aliphatic heterocycles. The summed E-state index contributed by atoms with van der Waals surface area (Å²) in [5.74, 6) is 0.996. The standard InChI is InChI=1S/C21H32N6O/c1-21(2)12-16(13-23-18(28)9-5-6-11-26(3)4)27(14-21)20-19-17(24-15-25-20)8-7-10-22-19/h7-8,10,15-16H,5-6,9,11-14H2,1-4H3,(H,23,28)/t16-/m0/s1. The van der Waals surface area contributed by atoms with E-state index in [0.717, 1.165) is 49.2 Å². The van der Waals surface area contributed by atoms with Crippen LogP contribution in [0.3, 0.4) is 0 Å². The Morgan fingerprint density at radius 1 is 1.29 bits per heavy atom. The number of carbonyl (C=O) groups excluding carboxylic acids is 1. The van der Waals surface area contributed by atoms with Crippen molar-refractivity contribution in [3.05, 3.63) is 24.7 Å². The zero-order chi connectivity index (χ0) is 20.1. The molecule has 1 atom stereocenters. The van der Waals surface area contributed by atoms with Gasteiger partial charge < -0.3 is 15.1 Å². The van der Waals surface area contributed by atoms with Gasteiger partial charge in [-0.05, 0) is 57.5 Å². The fourth-order valence-electron chi connectivity index (χ4n) is 3.96. The van der Waals surface area contributed by atoms with E-state index in [-0.39, 0.29) is 17.4 Å². The zero-order valence-electron chi connectivity index (χ0n) is 17.5. The number of hydrogen-bond donors (Lipinski definition) is 1. The van der Waals surface area contributed by atoms with E-state index in [1.54, 1.807) is 12.5 Å². The third-order valence-corrected chi connectivity index (χ3v) is 5.27. The average molecular weight is 385 g/mol. The summed E-state index contributed by atoms with van der Waals surface area (Å²) in [7, 11) is 4.12. The molecule has 3 rings (SSSR count). The highest BCUT2D eigenvalue weighted by Gasteiger charge is 2.39. The Labute approximate surface area is 167 Å². The van der Waals surface area contributed by atoms with Crippen LogP contribution >= 0.6 is 0 Å². The summed E-state index contributed by atoms with van der Waals surface area (Å²) in [6, 6.07) is 4.06. The molecule has 1 aliphatic rings. The molecule has 0 spiro atoms. The van der Waals surface area contributed by atoms with Crippen LogP contribution in [-0.2, 0) is 4.79 Å².